The third-order valence-corrected chi connectivity index (χ3v) is 3.56. The van der Waals surface area contributed by atoms with Crippen LogP contribution in [0.5, 0.6) is 11.5 Å². The topological polar surface area (TPSA) is 89.9 Å². The molecular formula is C14H18N2O4. The van der Waals surface area contributed by atoms with E-state index in [1.807, 2.05) is 4.90 Å². The summed E-state index contributed by atoms with van der Waals surface area (Å²) < 4.78 is 0. The standard InChI is InChI=1S/C14H18N2O4/c1-15-14(20)10-3-2-6-16(10)8-13(19)9-4-5-11(17)12(18)7-9/h4-5,7,10,17-18H,2-3,6,8H2,1H3,(H,15,20). The van der Waals surface area contributed by atoms with Gasteiger partial charge in [0.25, 0.3) is 0 Å². The lowest BCUT2D eigenvalue weighted by molar-refractivity contribution is -0.124. The van der Waals surface area contributed by atoms with E-state index in [0.29, 0.717) is 12.1 Å². The van der Waals surface area contributed by atoms with E-state index >= 15 is 0 Å². The first-order chi connectivity index (χ1) is 9.52. The number of nitrogens with one attached hydrogen (secondary N) is 1. The molecule has 2 rings (SSSR count). The number of likely N-dealkylation sites (tertiary alicyclic amines) is 1. The molecule has 0 spiro atoms. The number of aromatic hydroxyl groups is 2. The second kappa shape index (κ2) is 5.92. The van der Waals surface area contributed by atoms with Crippen LogP contribution >= 0.6 is 0 Å². The zero-order chi connectivity index (χ0) is 14.7. The van der Waals surface area contributed by atoms with Crippen LogP contribution in [-0.4, -0.2) is 53.0 Å². The van der Waals surface area contributed by atoms with Crippen molar-refractivity contribution in [2.24, 2.45) is 0 Å². The van der Waals surface area contributed by atoms with Crippen molar-refractivity contribution in [1.82, 2.24) is 10.2 Å². The molecule has 1 amide bonds. The van der Waals surface area contributed by atoms with Gasteiger partial charge in [0.15, 0.2) is 17.3 Å². The number of benzene rings is 1. The van der Waals surface area contributed by atoms with Crippen molar-refractivity contribution in [2.75, 3.05) is 20.1 Å². The summed E-state index contributed by atoms with van der Waals surface area (Å²) in [4.78, 5) is 25.7. The SMILES string of the molecule is CNC(=O)C1CCCN1CC(=O)c1ccc(O)c(O)c1. The number of rotatable bonds is 4. The van der Waals surface area contributed by atoms with Crippen molar-refractivity contribution >= 4 is 11.7 Å². The molecule has 6 heteroatoms. The van der Waals surface area contributed by atoms with Gasteiger partial charge in [-0.3, -0.25) is 14.5 Å². The minimum atomic E-state index is -0.319. The number of ketones is 1. The summed E-state index contributed by atoms with van der Waals surface area (Å²) in [6.45, 7) is 0.830. The normalized spacial score (nSPS) is 18.9. The number of carbonyl (C=O) groups excluding carboxylic acids is 2. The van der Waals surface area contributed by atoms with Crippen LogP contribution < -0.4 is 5.32 Å². The van der Waals surface area contributed by atoms with Gasteiger partial charge in [-0.25, -0.2) is 0 Å². The molecule has 0 aliphatic carbocycles. The number of phenols is 2. The molecule has 3 N–H and O–H groups in total. The van der Waals surface area contributed by atoms with Crippen molar-refractivity contribution in [3.63, 3.8) is 0 Å². The Labute approximate surface area is 117 Å². The smallest absolute Gasteiger partial charge is 0.237 e. The van der Waals surface area contributed by atoms with Gasteiger partial charge < -0.3 is 15.5 Å². The van der Waals surface area contributed by atoms with Crippen LogP contribution in [0.2, 0.25) is 0 Å². The Morgan fingerprint density at radius 1 is 1.35 bits per heavy atom. The van der Waals surface area contributed by atoms with Crippen LogP contribution in [0, 0.1) is 0 Å². The summed E-state index contributed by atoms with van der Waals surface area (Å²) >= 11 is 0. The first-order valence-corrected chi connectivity index (χ1v) is 6.53. The van der Waals surface area contributed by atoms with Gasteiger partial charge in [-0.15, -0.1) is 0 Å². The monoisotopic (exact) mass is 278 g/mol. The fraction of sp³-hybridized carbons (Fsp3) is 0.429. The Balaban J connectivity index is 2.07. The van der Waals surface area contributed by atoms with Crippen LogP contribution in [0.15, 0.2) is 18.2 Å². The van der Waals surface area contributed by atoms with E-state index in [9.17, 15) is 19.8 Å². The van der Waals surface area contributed by atoms with Crippen molar-refractivity contribution < 1.29 is 19.8 Å². The Kier molecular flexibility index (Phi) is 4.24. The van der Waals surface area contributed by atoms with Crippen molar-refractivity contribution in [2.45, 2.75) is 18.9 Å². The van der Waals surface area contributed by atoms with Crippen LogP contribution in [0.1, 0.15) is 23.2 Å². The van der Waals surface area contributed by atoms with Gasteiger partial charge in [-0.1, -0.05) is 0 Å². The van der Waals surface area contributed by atoms with E-state index in [1.165, 1.54) is 18.2 Å². The molecule has 0 aromatic heterocycles. The molecule has 0 radical (unpaired) electrons. The highest BCUT2D eigenvalue weighted by Gasteiger charge is 2.31. The highest BCUT2D eigenvalue weighted by molar-refractivity contribution is 5.98. The summed E-state index contributed by atoms with van der Waals surface area (Å²) in [6.07, 6.45) is 1.62. The van der Waals surface area contributed by atoms with E-state index < -0.39 is 0 Å². The zero-order valence-electron chi connectivity index (χ0n) is 11.3. The quantitative estimate of drug-likeness (QED) is 0.551. The lowest BCUT2D eigenvalue weighted by Gasteiger charge is -2.22. The number of hydrogen-bond donors (Lipinski definition) is 3. The number of likely N-dealkylation sites (N-methyl/N-ethyl adjacent to an activating group) is 1. The molecule has 1 saturated heterocycles. The fourth-order valence-electron chi connectivity index (χ4n) is 2.45. The zero-order valence-corrected chi connectivity index (χ0v) is 11.3. The number of carbonyl (C=O) groups is 2. The summed E-state index contributed by atoms with van der Waals surface area (Å²) in [5.41, 5.74) is 0.322. The van der Waals surface area contributed by atoms with Crippen LogP contribution in [0.3, 0.4) is 0 Å². The third kappa shape index (κ3) is 2.91. The average molecular weight is 278 g/mol. The van der Waals surface area contributed by atoms with Gasteiger partial charge in [0, 0.05) is 12.6 Å². The second-order valence-corrected chi connectivity index (χ2v) is 4.87. The molecule has 1 aliphatic rings. The summed E-state index contributed by atoms with van der Waals surface area (Å²) in [5, 5.41) is 21.2. The predicted octanol–water partition coefficient (Wildman–Crippen LogP) is 0.491. The molecule has 1 aliphatic heterocycles. The highest BCUT2D eigenvalue weighted by atomic mass is 16.3. The molecule has 1 aromatic rings. The molecule has 0 bridgehead atoms. The maximum atomic E-state index is 12.2. The minimum Gasteiger partial charge on any atom is -0.504 e. The summed E-state index contributed by atoms with van der Waals surface area (Å²) in [5.74, 6) is -0.842. The first-order valence-electron chi connectivity index (χ1n) is 6.53. The molecule has 1 aromatic carbocycles. The van der Waals surface area contributed by atoms with Crippen LogP contribution in [-0.2, 0) is 4.79 Å². The van der Waals surface area contributed by atoms with Crippen molar-refractivity contribution in [3.8, 4) is 11.5 Å². The number of hydrogen-bond acceptors (Lipinski definition) is 5. The lowest BCUT2D eigenvalue weighted by atomic mass is 10.1. The largest absolute Gasteiger partial charge is 0.504 e. The Hall–Kier alpha value is -2.08. The molecule has 1 unspecified atom stereocenters. The van der Waals surface area contributed by atoms with E-state index in [1.54, 1.807) is 7.05 Å². The first kappa shape index (κ1) is 14.3. The van der Waals surface area contributed by atoms with Gasteiger partial charge in [0.2, 0.25) is 5.91 Å². The average Bonchev–Trinajstić information content (AvgIpc) is 2.89. The fourth-order valence-corrected chi connectivity index (χ4v) is 2.45. The predicted molar refractivity (Wildman–Crippen MR) is 72.8 cm³/mol. The third-order valence-electron chi connectivity index (χ3n) is 3.56. The number of phenolic OH excluding ortho intramolecular Hbond substituents is 2. The second-order valence-electron chi connectivity index (χ2n) is 4.87. The van der Waals surface area contributed by atoms with Crippen LogP contribution in [0.25, 0.3) is 0 Å². The Bertz CT molecular complexity index is 530. The van der Waals surface area contributed by atoms with E-state index in [2.05, 4.69) is 5.32 Å². The Morgan fingerprint density at radius 3 is 2.75 bits per heavy atom. The van der Waals surface area contributed by atoms with Gasteiger partial charge in [0.1, 0.15) is 0 Å². The molecule has 108 valence electrons. The molecule has 20 heavy (non-hydrogen) atoms. The molecule has 1 heterocycles. The molecule has 0 saturated carbocycles. The minimum absolute atomic E-state index is 0.0798. The maximum absolute atomic E-state index is 12.2. The maximum Gasteiger partial charge on any atom is 0.237 e. The summed E-state index contributed by atoms with van der Waals surface area (Å²) in [7, 11) is 1.58. The molecular weight excluding hydrogens is 260 g/mol. The van der Waals surface area contributed by atoms with Crippen molar-refractivity contribution in [1.29, 1.82) is 0 Å². The van der Waals surface area contributed by atoms with Crippen molar-refractivity contribution in [3.05, 3.63) is 23.8 Å². The van der Waals surface area contributed by atoms with Gasteiger partial charge >= 0.3 is 0 Å². The van der Waals surface area contributed by atoms with E-state index in [-0.39, 0.29) is 35.8 Å². The number of amides is 1. The Morgan fingerprint density at radius 2 is 2.10 bits per heavy atom. The van der Waals surface area contributed by atoms with Gasteiger partial charge in [-0.2, -0.15) is 0 Å². The number of Topliss-reactive ketones (excluding diaryl/α,β-unsaturated/α-hetero) is 1. The van der Waals surface area contributed by atoms with Gasteiger partial charge in [0.05, 0.1) is 12.6 Å². The lowest BCUT2D eigenvalue weighted by Crippen LogP contribution is -2.43. The van der Waals surface area contributed by atoms with Crippen LogP contribution in [0.4, 0.5) is 0 Å². The van der Waals surface area contributed by atoms with E-state index in [0.717, 1.165) is 12.8 Å². The van der Waals surface area contributed by atoms with E-state index in [4.69, 9.17) is 0 Å². The molecule has 6 nitrogen and oxygen atoms in total. The summed E-state index contributed by atoms with van der Waals surface area (Å²) in [6, 6.07) is 3.71. The van der Waals surface area contributed by atoms with Gasteiger partial charge in [-0.05, 0) is 37.6 Å². The highest BCUT2D eigenvalue weighted by Crippen LogP contribution is 2.25. The molecule has 1 fully saturated rings. The number of nitrogens with zero attached hydrogens (tertiary/aromatic N) is 1. The molecule has 1 atom stereocenters.